The lowest BCUT2D eigenvalue weighted by Gasteiger charge is -2.15. The highest BCUT2D eigenvalue weighted by Gasteiger charge is 2.48. The van der Waals surface area contributed by atoms with Gasteiger partial charge in [-0.25, -0.2) is 0 Å². The van der Waals surface area contributed by atoms with Crippen LogP contribution in [0, 0.1) is 5.92 Å². The minimum atomic E-state index is 0.102. The zero-order valence-corrected chi connectivity index (χ0v) is 7.49. The SMILES string of the molecule is O=Cc1ccc2c(c1)NC(=O)C1CC21. The summed E-state index contributed by atoms with van der Waals surface area (Å²) < 4.78 is 0. The molecule has 0 saturated heterocycles. The Morgan fingerprint density at radius 1 is 1.36 bits per heavy atom. The van der Waals surface area contributed by atoms with Crippen LogP contribution in [0.3, 0.4) is 0 Å². The molecule has 1 aliphatic heterocycles. The molecule has 70 valence electrons. The first-order chi connectivity index (χ1) is 6.79. The highest BCUT2D eigenvalue weighted by atomic mass is 16.2. The summed E-state index contributed by atoms with van der Waals surface area (Å²) >= 11 is 0. The fourth-order valence-corrected chi connectivity index (χ4v) is 2.13. The van der Waals surface area contributed by atoms with E-state index in [-0.39, 0.29) is 11.8 Å². The molecule has 14 heavy (non-hydrogen) atoms. The molecule has 2 atom stereocenters. The van der Waals surface area contributed by atoms with E-state index < -0.39 is 0 Å². The number of rotatable bonds is 1. The molecule has 3 nitrogen and oxygen atoms in total. The Morgan fingerprint density at radius 3 is 3.00 bits per heavy atom. The van der Waals surface area contributed by atoms with Crippen LogP contribution in [0.1, 0.15) is 28.3 Å². The standard InChI is InChI=1S/C11H9NO2/c13-5-6-1-2-7-8-4-9(8)11(14)12-10(7)3-6/h1-3,5,8-9H,4H2,(H,12,14). The van der Waals surface area contributed by atoms with Crippen LogP contribution < -0.4 is 5.32 Å². The van der Waals surface area contributed by atoms with E-state index in [4.69, 9.17) is 0 Å². The molecule has 0 aromatic heterocycles. The van der Waals surface area contributed by atoms with E-state index in [2.05, 4.69) is 5.32 Å². The fourth-order valence-electron chi connectivity index (χ4n) is 2.13. The van der Waals surface area contributed by atoms with E-state index in [1.54, 1.807) is 12.1 Å². The molecule has 1 aromatic carbocycles. The Kier molecular flexibility index (Phi) is 1.35. The average molecular weight is 187 g/mol. The van der Waals surface area contributed by atoms with Crippen molar-refractivity contribution in [2.75, 3.05) is 5.32 Å². The summed E-state index contributed by atoms with van der Waals surface area (Å²) in [6, 6.07) is 5.50. The van der Waals surface area contributed by atoms with Gasteiger partial charge in [-0.2, -0.15) is 0 Å². The predicted octanol–water partition coefficient (Wildman–Crippen LogP) is 1.55. The normalized spacial score (nSPS) is 27.3. The Morgan fingerprint density at radius 2 is 2.21 bits per heavy atom. The lowest BCUT2D eigenvalue weighted by Crippen LogP contribution is -2.19. The van der Waals surface area contributed by atoms with Crippen molar-refractivity contribution in [1.82, 2.24) is 0 Å². The number of fused-ring (bicyclic) bond motifs is 3. The number of carbonyl (C=O) groups excluding carboxylic acids is 2. The zero-order valence-electron chi connectivity index (χ0n) is 7.49. The highest BCUT2D eigenvalue weighted by molar-refractivity contribution is 6.00. The van der Waals surface area contributed by atoms with E-state index in [0.29, 0.717) is 11.5 Å². The maximum atomic E-state index is 11.4. The summed E-state index contributed by atoms with van der Waals surface area (Å²) in [4.78, 5) is 22.0. The van der Waals surface area contributed by atoms with Crippen molar-refractivity contribution in [2.45, 2.75) is 12.3 Å². The third-order valence-electron chi connectivity index (χ3n) is 3.00. The van der Waals surface area contributed by atoms with Crippen molar-refractivity contribution >= 4 is 17.9 Å². The first kappa shape index (κ1) is 7.74. The molecule has 1 amide bonds. The first-order valence-corrected chi connectivity index (χ1v) is 4.69. The average Bonchev–Trinajstić information content (AvgIpc) is 2.97. The summed E-state index contributed by atoms with van der Waals surface area (Å²) in [6.45, 7) is 0. The Balaban J connectivity index is 2.11. The molecule has 1 N–H and O–H groups in total. The van der Waals surface area contributed by atoms with Crippen LogP contribution in [-0.2, 0) is 4.79 Å². The Bertz CT molecular complexity index is 439. The van der Waals surface area contributed by atoms with E-state index in [1.807, 2.05) is 6.07 Å². The van der Waals surface area contributed by atoms with Crippen LogP contribution in [0.4, 0.5) is 5.69 Å². The van der Waals surface area contributed by atoms with Crippen molar-refractivity contribution in [3.63, 3.8) is 0 Å². The summed E-state index contributed by atoms with van der Waals surface area (Å²) in [6.07, 6.45) is 1.75. The molecule has 1 saturated carbocycles. The largest absolute Gasteiger partial charge is 0.326 e. The smallest absolute Gasteiger partial charge is 0.228 e. The van der Waals surface area contributed by atoms with Gasteiger partial charge in [0.15, 0.2) is 0 Å². The number of benzene rings is 1. The molecule has 2 unspecified atom stereocenters. The quantitative estimate of drug-likeness (QED) is 0.678. The number of hydrogen-bond donors (Lipinski definition) is 1. The molecule has 3 rings (SSSR count). The van der Waals surface area contributed by atoms with Crippen LogP contribution in [-0.4, -0.2) is 12.2 Å². The highest BCUT2D eigenvalue weighted by Crippen LogP contribution is 2.53. The van der Waals surface area contributed by atoms with Crippen molar-refractivity contribution in [3.05, 3.63) is 29.3 Å². The van der Waals surface area contributed by atoms with Crippen LogP contribution in [0.2, 0.25) is 0 Å². The predicted molar refractivity (Wildman–Crippen MR) is 51.3 cm³/mol. The molecule has 1 heterocycles. The van der Waals surface area contributed by atoms with Gasteiger partial charge >= 0.3 is 0 Å². The minimum absolute atomic E-state index is 0.102. The molecular weight excluding hydrogens is 178 g/mol. The number of amides is 1. The van der Waals surface area contributed by atoms with Gasteiger partial charge in [-0.3, -0.25) is 9.59 Å². The molecule has 1 aliphatic carbocycles. The van der Waals surface area contributed by atoms with Gasteiger partial charge in [0.05, 0.1) is 0 Å². The summed E-state index contributed by atoms with van der Waals surface area (Å²) in [5, 5.41) is 2.83. The van der Waals surface area contributed by atoms with Gasteiger partial charge in [0.2, 0.25) is 5.91 Å². The number of nitrogens with one attached hydrogen (secondary N) is 1. The van der Waals surface area contributed by atoms with Crippen LogP contribution in [0.5, 0.6) is 0 Å². The molecule has 2 aliphatic rings. The molecule has 0 spiro atoms. The first-order valence-electron chi connectivity index (χ1n) is 4.69. The summed E-state index contributed by atoms with van der Waals surface area (Å²) in [5.41, 5.74) is 2.61. The van der Waals surface area contributed by atoms with E-state index >= 15 is 0 Å². The summed E-state index contributed by atoms with van der Waals surface area (Å²) in [7, 11) is 0. The van der Waals surface area contributed by atoms with E-state index in [9.17, 15) is 9.59 Å². The van der Waals surface area contributed by atoms with Gasteiger partial charge in [-0.15, -0.1) is 0 Å². The second-order valence-corrected chi connectivity index (χ2v) is 3.90. The van der Waals surface area contributed by atoms with Crippen molar-refractivity contribution in [2.24, 2.45) is 5.92 Å². The van der Waals surface area contributed by atoms with Crippen molar-refractivity contribution < 1.29 is 9.59 Å². The van der Waals surface area contributed by atoms with Crippen LogP contribution in [0.25, 0.3) is 0 Å². The summed E-state index contributed by atoms with van der Waals surface area (Å²) in [5.74, 6) is 0.689. The molecule has 0 radical (unpaired) electrons. The van der Waals surface area contributed by atoms with Gasteiger partial charge in [-0.05, 0) is 24.0 Å². The van der Waals surface area contributed by atoms with Crippen molar-refractivity contribution in [1.29, 1.82) is 0 Å². The lowest BCUT2D eigenvalue weighted by molar-refractivity contribution is -0.117. The van der Waals surface area contributed by atoms with Gasteiger partial charge in [0.1, 0.15) is 6.29 Å². The lowest BCUT2D eigenvalue weighted by atomic mass is 10.0. The van der Waals surface area contributed by atoms with Crippen LogP contribution >= 0.6 is 0 Å². The fraction of sp³-hybridized carbons (Fsp3) is 0.273. The van der Waals surface area contributed by atoms with Gasteiger partial charge in [-0.1, -0.05) is 12.1 Å². The second kappa shape index (κ2) is 2.44. The van der Waals surface area contributed by atoms with Crippen molar-refractivity contribution in [3.8, 4) is 0 Å². The topological polar surface area (TPSA) is 46.2 Å². The van der Waals surface area contributed by atoms with Crippen LogP contribution in [0.15, 0.2) is 18.2 Å². The second-order valence-electron chi connectivity index (χ2n) is 3.90. The van der Waals surface area contributed by atoms with Gasteiger partial charge < -0.3 is 5.32 Å². The number of aldehydes is 1. The van der Waals surface area contributed by atoms with E-state index in [1.165, 1.54) is 5.56 Å². The third-order valence-corrected chi connectivity index (χ3v) is 3.00. The monoisotopic (exact) mass is 187 g/mol. The third kappa shape index (κ3) is 0.923. The number of anilines is 1. The molecule has 1 aromatic rings. The van der Waals surface area contributed by atoms with E-state index in [0.717, 1.165) is 18.4 Å². The molecule has 0 bridgehead atoms. The number of hydrogen-bond acceptors (Lipinski definition) is 2. The van der Waals surface area contributed by atoms with Gasteiger partial charge in [0, 0.05) is 17.2 Å². The minimum Gasteiger partial charge on any atom is -0.326 e. The molecule has 1 fully saturated rings. The Labute approximate surface area is 81.1 Å². The maximum absolute atomic E-state index is 11.4. The maximum Gasteiger partial charge on any atom is 0.228 e. The Hall–Kier alpha value is -1.64. The molecular formula is C11H9NO2. The molecule has 3 heteroatoms. The number of carbonyl (C=O) groups is 2. The zero-order chi connectivity index (χ0) is 9.71. The van der Waals surface area contributed by atoms with Gasteiger partial charge in [0.25, 0.3) is 0 Å².